The van der Waals surface area contributed by atoms with Crippen LogP contribution in [0.25, 0.3) is 0 Å². The van der Waals surface area contributed by atoms with E-state index in [-0.39, 0.29) is 23.8 Å². The summed E-state index contributed by atoms with van der Waals surface area (Å²) >= 11 is 0. The first-order valence-corrected chi connectivity index (χ1v) is 9.44. The Hall–Kier alpha value is -3.02. The van der Waals surface area contributed by atoms with Crippen LogP contribution in [0.1, 0.15) is 43.4 Å². The van der Waals surface area contributed by atoms with Gasteiger partial charge in [-0.2, -0.15) is 0 Å². The van der Waals surface area contributed by atoms with Crippen molar-refractivity contribution in [3.05, 3.63) is 59.7 Å². The molecule has 28 heavy (non-hydrogen) atoms. The van der Waals surface area contributed by atoms with Crippen LogP contribution in [0.3, 0.4) is 0 Å². The second-order valence-corrected chi connectivity index (χ2v) is 7.65. The molecule has 6 nitrogen and oxygen atoms in total. The molecule has 2 aliphatic rings. The SMILES string of the molecule is COc1ccc([C@H](C)NC(=O)[C@H]2C(=O)N[C@@]3(C)C[C@H]2c2ccccc2O3)cc1. The van der Waals surface area contributed by atoms with Crippen molar-refractivity contribution < 1.29 is 19.1 Å². The van der Waals surface area contributed by atoms with Crippen LogP contribution in [-0.4, -0.2) is 24.6 Å². The summed E-state index contributed by atoms with van der Waals surface area (Å²) in [7, 11) is 1.61. The van der Waals surface area contributed by atoms with E-state index in [1.807, 2.05) is 62.4 Å². The average Bonchev–Trinajstić information content (AvgIpc) is 2.67. The topological polar surface area (TPSA) is 76.7 Å². The second-order valence-electron chi connectivity index (χ2n) is 7.65. The number of carbonyl (C=O) groups excluding carboxylic acids is 2. The number of carbonyl (C=O) groups is 2. The lowest BCUT2D eigenvalue weighted by Gasteiger charge is -2.46. The summed E-state index contributed by atoms with van der Waals surface area (Å²) in [5.74, 6) is -0.0999. The van der Waals surface area contributed by atoms with Crippen molar-refractivity contribution in [3.63, 3.8) is 0 Å². The molecular weight excluding hydrogens is 356 g/mol. The first-order chi connectivity index (χ1) is 13.4. The largest absolute Gasteiger partial charge is 0.497 e. The maximum absolute atomic E-state index is 13.1. The number of rotatable bonds is 4. The van der Waals surface area contributed by atoms with Gasteiger partial charge in [0.2, 0.25) is 11.8 Å². The fraction of sp³-hybridized carbons (Fsp3) is 0.364. The van der Waals surface area contributed by atoms with Crippen LogP contribution in [0.2, 0.25) is 0 Å². The Balaban J connectivity index is 1.57. The molecule has 0 unspecified atom stereocenters. The molecule has 2 aromatic rings. The Kier molecular flexibility index (Phi) is 4.49. The molecule has 0 saturated carbocycles. The summed E-state index contributed by atoms with van der Waals surface area (Å²) in [4.78, 5) is 25.9. The summed E-state index contributed by atoms with van der Waals surface area (Å²) in [6.45, 7) is 3.75. The molecule has 0 aliphatic carbocycles. The minimum Gasteiger partial charge on any atom is -0.497 e. The monoisotopic (exact) mass is 380 g/mol. The molecule has 146 valence electrons. The molecule has 2 N–H and O–H groups in total. The van der Waals surface area contributed by atoms with Crippen molar-refractivity contribution in [2.45, 2.75) is 38.0 Å². The number of amides is 2. The molecule has 2 amide bonds. The Labute approximate surface area is 164 Å². The van der Waals surface area contributed by atoms with Gasteiger partial charge in [-0.3, -0.25) is 9.59 Å². The predicted molar refractivity (Wildman–Crippen MR) is 104 cm³/mol. The zero-order valence-corrected chi connectivity index (χ0v) is 16.2. The highest BCUT2D eigenvalue weighted by Gasteiger charge is 2.51. The molecular formula is C22H24N2O4. The van der Waals surface area contributed by atoms with Gasteiger partial charge in [0.05, 0.1) is 13.2 Å². The highest BCUT2D eigenvalue weighted by atomic mass is 16.5. The van der Waals surface area contributed by atoms with Gasteiger partial charge in [-0.05, 0) is 43.2 Å². The summed E-state index contributed by atoms with van der Waals surface area (Å²) in [5.41, 5.74) is 1.07. The van der Waals surface area contributed by atoms with E-state index in [1.165, 1.54) is 0 Å². The Bertz CT molecular complexity index is 911. The van der Waals surface area contributed by atoms with Gasteiger partial charge in [0.1, 0.15) is 17.4 Å². The van der Waals surface area contributed by atoms with Crippen LogP contribution >= 0.6 is 0 Å². The molecule has 1 fully saturated rings. The summed E-state index contributed by atoms with van der Waals surface area (Å²) < 4.78 is 11.2. The first kappa shape index (κ1) is 18.3. The van der Waals surface area contributed by atoms with Crippen molar-refractivity contribution in [3.8, 4) is 11.5 Å². The standard InChI is InChI=1S/C22H24N2O4/c1-13(14-8-10-15(27-3)11-9-14)23-20(25)19-17-12-22(2,24-21(19)26)28-18-7-5-4-6-16(17)18/h4-11,13,17,19H,12H2,1-3H3,(H,23,25)(H,24,26)/t13-,17-,19-,22+/m0/s1. The van der Waals surface area contributed by atoms with Gasteiger partial charge in [-0.1, -0.05) is 30.3 Å². The molecule has 1 saturated heterocycles. The van der Waals surface area contributed by atoms with Crippen molar-refractivity contribution in [1.82, 2.24) is 10.6 Å². The number of ether oxygens (including phenoxy) is 2. The summed E-state index contributed by atoms with van der Waals surface area (Å²) in [6, 6.07) is 14.9. The van der Waals surface area contributed by atoms with Crippen molar-refractivity contribution in [1.29, 1.82) is 0 Å². The smallest absolute Gasteiger partial charge is 0.236 e. The van der Waals surface area contributed by atoms with Crippen molar-refractivity contribution >= 4 is 11.8 Å². The van der Waals surface area contributed by atoms with E-state index >= 15 is 0 Å². The van der Waals surface area contributed by atoms with E-state index < -0.39 is 11.6 Å². The van der Waals surface area contributed by atoms with Gasteiger partial charge < -0.3 is 20.1 Å². The Morgan fingerprint density at radius 2 is 1.96 bits per heavy atom. The normalized spacial score (nSPS) is 26.3. The molecule has 2 heterocycles. The van der Waals surface area contributed by atoms with Crippen LogP contribution in [0.5, 0.6) is 11.5 Å². The lowest BCUT2D eigenvalue weighted by atomic mass is 9.74. The van der Waals surface area contributed by atoms with Crippen LogP contribution in [0, 0.1) is 5.92 Å². The second kappa shape index (κ2) is 6.86. The quantitative estimate of drug-likeness (QED) is 0.800. The molecule has 4 atom stereocenters. The number of benzene rings is 2. The Morgan fingerprint density at radius 3 is 2.68 bits per heavy atom. The molecule has 0 spiro atoms. The van der Waals surface area contributed by atoms with Gasteiger partial charge in [0.15, 0.2) is 5.72 Å². The molecule has 4 rings (SSSR count). The van der Waals surface area contributed by atoms with Crippen LogP contribution < -0.4 is 20.1 Å². The maximum Gasteiger partial charge on any atom is 0.236 e. The highest BCUT2D eigenvalue weighted by Crippen LogP contribution is 2.46. The number of para-hydroxylation sites is 1. The molecule has 2 bridgehead atoms. The summed E-state index contributed by atoms with van der Waals surface area (Å²) in [6.07, 6.45) is 0.560. The van der Waals surface area contributed by atoms with E-state index in [2.05, 4.69) is 10.6 Å². The zero-order valence-electron chi connectivity index (χ0n) is 16.2. The lowest BCUT2D eigenvalue weighted by molar-refractivity contribution is -0.147. The van der Waals surface area contributed by atoms with Crippen molar-refractivity contribution in [2.75, 3.05) is 7.11 Å². The highest BCUT2D eigenvalue weighted by molar-refractivity contribution is 6.02. The number of hydrogen-bond donors (Lipinski definition) is 2. The van der Waals surface area contributed by atoms with E-state index in [0.29, 0.717) is 6.42 Å². The Morgan fingerprint density at radius 1 is 1.25 bits per heavy atom. The minimum atomic E-state index is -0.793. The molecule has 2 aliphatic heterocycles. The van der Waals surface area contributed by atoms with Crippen LogP contribution in [0.4, 0.5) is 0 Å². The molecule has 2 aromatic carbocycles. The van der Waals surface area contributed by atoms with Crippen LogP contribution in [-0.2, 0) is 9.59 Å². The van der Waals surface area contributed by atoms with Crippen molar-refractivity contribution in [2.24, 2.45) is 5.92 Å². The number of nitrogens with one attached hydrogen (secondary N) is 2. The van der Waals surface area contributed by atoms with Crippen LogP contribution in [0.15, 0.2) is 48.5 Å². The van der Waals surface area contributed by atoms with E-state index in [9.17, 15) is 9.59 Å². The third-order valence-electron chi connectivity index (χ3n) is 5.59. The van der Waals surface area contributed by atoms with E-state index in [1.54, 1.807) is 7.11 Å². The molecule has 6 heteroatoms. The number of piperidine rings is 1. The molecule has 0 radical (unpaired) electrons. The number of fused-ring (bicyclic) bond motifs is 4. The van der Waals surface area contributed by atoms with E-state index in [4.69, 9.17) is 9.47 Å². The van der Waals surface area contributed by atoms with Gasteiger partial charge in [0.25, 0.3) is 0 Å². The predicted octanol–water partition coefficient (Wildman–Crippen LogP) is 2.90. The first-order valence-electron chi connectivity index (χ1n) is 9.44. The average molecular weight is 380 g/mol. The minimum absolute atomic E-state index is 0.216. The summed E-state index contributed by atoms with van der Waals surface area (Å²) in [5, 5.41) is 5.88. The number of hydrogen-bond acceptors (Lipinski definition) is 4. The van der Waals surface area contributed by atoms with Gasteiger partial charge >= 0.3 is 0 Å². The fourth-order valence-electron chi connectivity index (χ4n) is 4.17. The maximum atomic E-state index is 13.1. The zero-order chi connectivity index (χ0) is 19.9. The fourth-order valence-corrected chi connectivity index (χ4v) is 4.17. The lowest BCUT2D eigenvalue weighted by Crippen LogP contribution is -2.63. The third kappa shape index (κ3) is 3.19. The van der Waals surface area contributed by atoms with Gasteiger partial charge in [-0.25, -0.2) is 0 Å². The van der Waals surface area contributed by atoms with E-state index in [0.717, 1.165) is 22.6 Å². The van der Waals surface area contributed by atoms with Gasteiger partial charge in [-0.15, -0.1) is 0 Å². The number of methoxy groups -OCH3 is 1. The van der Waals surface area contributed by atoms with Gasteiger partial charge in [0, 0.05) is 12.3 Å². The molecule has 0 aromatic heterocycles. The third-order valence-corrected chi connectivity index (χ3v) is 5.59.